The Labute approximate surface area is 124 Å². The van der Waals surface area contributed by atoms with Crippen molar-refractivity contribution in [3.63, 3.8) is 0 Å². The molecule has 2 amide bonds. The van der Waals surface area contributed by atoms with Crippen LogP contribution in [0.15, 0.2) is 24.3 Å². The molecule has 0 radical (unpaired) electrons. The summed E-state index contributed by atoms with van der Waals surface area (Å²) in [7, 11) is 0. The molecule has 1 aliphatic heterocycles. The zero-order valence-corrected chi connectivity index (χ0v) is 11.9. The molecule has 1 aromatic rings. The first-order valence-electron chi connectivity index (χ1n) is 6.83. The van der Waals surface area contributed by atoms with Crippen molar-refractivity contribution in [2.45, 2.75) is 38.4 Å². The summed E-state index contributed by atoms with van der Waals surface area (Å²) < 4.78 is 0. The lowest BCUT2D eigenvalue weighted by Gasteiger charge is -2.35. The van der Waals surface area contributed by atoms with Gasteiger partial charge in [0.25, 0.3) is 0 Å². The second-order valence-electron chi connectivity index (χ2n) is 5.21. The van der Waals surface area contributed by atoms with Gasteiger partial charge in [-0.1, -0.05) is 24.3 Å². The van der Waals surface area contributed by atoms with Crippen LogP contribution in [0.25, 0.3) is 0 Å². The molecule has 0 bridgehead atoms. The maximum atomic E-state index is 12.3. The summed E-state index contributed by atoms with van der Waals surface area (Å²) in [6.45, 7) is 2.09. The first kappa shape index (κ1) is 14.9. The Hall–Kier alpha value is -2.48. The molecular weight excluding hydrogens is 268 g/mol. The van der Waals surface area contributed by atoms with Gasteiger partial charge in [0.2, 0.25) is 0 Å². The highest BCUT2D eigenvalue weighted by molar-refractivity contribution is 5.83. The fourth-order valence-electron chi connectivity index (χ4n) is 2.48. The lowest BCUT2D eigenvalue weighted by atomic mass is 9.94. The van der Waals surface area contributed by atoms with Crippen molar-refractivity contribution in [1.82, 2.24) is 10.2 Å². The maximum Gasteiger partial charge on any atom is 0.326 e. The van der Waals surface area contributed by atoms with Crippen LogP contribution in [0.1, 0.15) is 24.5 Å². The van der Waals surface area contributed by atoms with Crippen LogP contribution in [0.4, 0.5) is 4.79 Å². The number of hydrogen-bond donors (Lipinski definition) is 2. The second-order valence-corrected chi connectivity index (χ2v) is 5.21. The summed E-state index contributed by atoms with van der Waals surface area (Å²) in [5, 5.41) is 12.1. The second kappa shape index (κ2) is 6.31. The molecule has 21 heavy (non-hydrogen) atoms. The van der Waals surface area contributed by atoms with Crippen LogP contribution in [0.2, 0.25) is 0 Å². The van der Waals surface area contributed by atoms with E-state index in [0.29, 0.717) is 19.4 Å². The molecule has 0 aromatic heterocycles. The Bertz CT molecular complexity index is 591. The number of nitrogens with one attached hydrogen (secondary N) is 1. The number of carbonyl (C=O) groups excluding carboxylic acids is 1. The molecule has 0 saturated heterocycles. The number of aliphatic carboxylic acids is 1. The number of carboxylic acids is 1. The molecule has 1 unspecified atom stereocenters. The van der Waals surface area contributed by atoms with E-state index >= 15 is 0 Å². The van der Waals surface area contributed by atoms with Crippen LogP contribution in [-0.2, 0) is 17.8 Å². The van der Waals surface area contributed by atoms with Crippen molar-refractivity contribution in [3.05, 3.63) is 35.4 Å². The Kier molecular flexibility index (Phi) is 4.49. The standard InChI is InChI=1S/C16H18N2O3/c1-3-6-11(2)17-16(21)18-10-13-8-5-4-7-12(13)9-14(18)15(19)20/h1,4-5,7-8,11,14H,6,9-10H2,2H3,(H,17,21)(H,19,20)/t11?,14-/m1/s1. The van der Waals surface area contributed by atoms with E-state index < -0.39 is 12.0 Å². The summed E-state index contributed by atoms with van der Waals surface area (Å²) >= 11 is 0. The van der Waals surface area contributed by atoms with E-state index in [9.17, 15) is 14.7 Å². The zero-order chi connectivity index (χ0) is 15.4. The van der Waals surface area contributed by atoms with Gasteiger partial charge in [0.1, 0.15) is 6.04 Å². The Morgan fingerprint density at radius 2 is 2.14 bits per heavy atom. The first-order chi connectivity index (χ1) is 10.0. The number of benzene rings is 1. The molecule has 2 rings (SSSR count). The van der Waals surface area contributed by atoms with Crippen molar-refractivity contribution in [1.29, 1.82) is 0 Å². The molecule has 5 heteroatoms. The predicted octanol–water partition coefficient (Wildman–Crippen LogP) is 1.62. The van der Waals surface area contributed by atoms with Gasteiger partial charge in [-0.15, -0.1) is 12.3 Å². The van der Waals surface area contributed by atoms with Gasteiger partial charge in [0.15, 0.2) is 0 Å². The van der Waals surface area contributed by atoms with Gasteiger partial charge in [-0.05, 0) is 18.1 Å². The smallest absolute Gasteiger partial charge is 0.326 e. The number of terminal acetylenes is 1. The molecule has 1 aromatic carbocycles. The molecule has 0 aliphatic carbocycles. The maximum absolute atomic E-state index is 12.3. The van der Waals surface area contributed by atoms with E-state index in [2.05, 4.69) is 11.2 Å². The lowest BCUT2D eigenvalue weighted by Crippen LogP contribution is -2.53. The van der Waals surface area contributed by atoms with E-state index in [1.807, 2.05) is 24.3 Å². The molecule has 0 saturated carbocycles. The van der Waals surface area contributed by atoms with Crippen molar-refractivity contribution in [3.8, 4) is 12.3 Å². The van der Waals surface area contributed by atoms with Crippen LogP contribution < -0.4 is 5.32 Å². The normalized spacial score (nSPS) is 18.3. The fourth-order valence-corrected chi connectivity index (χ4v) is 2.48. The molecule has 1 heterocycles. The Morgan fingerprint density at radius 1 is 1.48 bits per heavy atom. The number of fused-ring (bicyclic) bond motifs is 1. The highest BCUT2D eigenvalue weighted by atomic mass is 16.4. The van der Waals surface area contributed by atoms with Crippen LogP contribution in [-0.4, -0.2) is 34.1 Å². The van der Waals surface area contributed by atoms with E-state index in [0.717, 1.165) is 11.1 Å². The number of amides is 2. The third kappa shape index (κ3) is 3.34. The average Bonchev–Trinajstić information content (AvgIpc) is 2.45. The quantitative estimate of drug-likeness (QED) is 0.830. The van der Waals surface area contributed by atoms with Gasteiger partial charge in [0.05, 0.1) is 0 Å². The Morgan fingerprint density at radius 3 is 2.76 bits per heavy atom. The molecule has 0 spiro atoms. The van der Waals surface area contributed by atoms with Crippen LogP contribution >= 0.6 is 0 Å². The predicted molar refractivity (Wildman–Crippen MR) is 78.6 cm³/mol. The summed E-state index contributed by atoms with van der Waals surface area (Å²) in [6, 6.07) is 6.16. The summed E-state index contributed by atoms with van der Waals surface area (Å²) in [6.07, 6.45) is 5.95. The minimum Gasteiger partial charge on any atom is -0.480 e. The van der Waals surface area contributed by atoms with Crippen molar-refractivity contribution < 1.29 is 14.7 Å². The SMILES string of the molecule is C#CCC(C)NC(=O)N1Cc2ccccc2C[C@@H]1C(=O)O. The number of rotatable bonds is 3. The molecule has 0 fully saturated rings. The highest BCUT2D eigenvalue weighted by Gasteiger charge is 2.34. The monoisotopic (exact) mass is 286 g/mol. The molecule has 2 atom stereocenters. The van der Waals surface area contributed by atoms with Gasteiger partial charge in [-0.25, -0.2) is 9.59 Å². The molecule has 110 valence electrons. The van der Waals surface area contributed by atoms with Gasteiger partial charge < -0.3 is 15.3 Å². The van der Waals surface area contributed by atoms with E-state index in [1.54, 1.807) is 6.92 Å². The largest absolute Gasteiger partial charge is 0.480 e. The summed E-state index contributed by atoms with van der Waals surface area (Å²) in [5.41, 5.74) is 1.96. The number of nitrogens with zero attached hydrogens (tertiary/aromatic N) is 1. The minimum atomic E-state index is -0.996. The van der Waals surface area contributed by atoms with E-state index in [-0.39, 0.29) is 12.1 Å². The van der Waals surface area contributed by atoms with Crippen molar-refractivity contribution in [2.75, 3.05) is 0 Å². The van der Waals surface area contributed by atoms with Crippen molar-refractivity contribution in [2.24, 2.45) is 0 Å². The molecular formula is C16H18N2O3. The summed E-state index contributed by atoms with van der Waals surface area (Å²) in [5.74, 6) is 1.48. The average molecular weight is 286 g/mol. The van der Waals surface area contributed by atoms with Gasteiger partial charge in [0, 0.05) is 25.4 Å². The van der Waals surface area contributed by atoms with E-state index in [4.69, 9.17) is 6.42 Å². The number of urea groups is 1. The number of carboxylic acid groups (broad SMARTS) is 1. The Balaban J connectivity index is 2.19. The molecule has 2 N–H and O–H groups in total. The third-order valence-electron chi connectivity index (χ3n) is 3.59. The highest BCUT2D eigenvalue weighted by Crippen LogP contribution is 2.23. The third-order valence-corrected chi connectivity index (χ3v) is 3.59. The molecule has 1 aliphatic rings. The number of carbonyl (C=O) groups is 2. The van der Waals surface area contributed by atoms with Crippen molar-refractivity contribution >= 4 is 12.0 Å². The zero-order valence-electron chi connectivity index (χ0n) is 11.9. The van der Waals surface area contributed by atoms with Gasteiger partial charge in [-0.2, -0.15) is 0 Å². The lowest BCUT2D eigenvalue weighted by molar-refractivity contribution is -0.142. The fraction of sp³-hybridized carbons (Fsp3) is 0.375. The van der Waals surface area contributed by atoms with Crippen LogP contribution in [0.3, 0.4) is 0 Å². The van der Waals surface area contributed by atoms with Gasteiger partial charge >= 0.3 is 12.0 Å². The topological polar surface area (TPSA) is 69.6 Å². The molecule has 5 nitrogen and oxygen atoms in total. The van der Waals surface area contributed by atoms with Gasteiger partial charge in [-0.3, -0.25) is 0 Å². The first-order valence-corrected chi connectivity index (χ1v) is 6.83. The van der Waals surface area contributed by atoms with E-state index in [1.165, 1.54) is 4.90 Å². The van der Waals surface area contributed by atoms with Crippen LogP contribution in [0.5, 0.6) is 0 Å². The number of hydrogen-bond acceptors (Lipinski definition) is 2. The van der Waals surface area contributed by atoms with Crippen LogP contribution in [0, 0.1) is 12.3 Å². The minimum absolute atomic E-state index is 0.186. The summed E-state index contributed by atoms with van der Waals surface area (Å²) in [4.78, 5) is 25.1.